The number of aromatic nitrogens is 4. The molecule has 2 aliphatic rings. The molecule has 2 aliphatic carbocycles. The minimum Gasteiger partial charge on any atom is -0.393 e. The maximum Gasteiger partial charge on any atom is 0.224 e. The van der Waals surface area contributed by atoms with Crippen LogP contribution in [0.3, 0.4) is 0 Å². The number of fused-ring (bicyclic) bond motifs is 1. The van der Waals surface area contributed by atoms with Gasteiger partial charge in [0.25, 0.3) is 0 Å². The predicted octanol–water partition coefficient (Wildman–Crippen LogP) is 4.39. The van der Waals surface area contributed by atoms with Crippen LogP contribution in [0.5, 0.6) is 0 Å². The Balaban J connectivity index is 1.52. The molecule has 0 bridgehead atoms. The summed E-state index contributed by atoms with van der Waals surface area (Å²) in [5.41, 5.74) is 0.407. The number of anilines is 3. The summed E-state index contributed by atoms with van der Waals surface area (Å²) in [5.74, 6) is -2.36. The van der Waals surface area contributed by atoms with Crippen molar-refractivity contribution >= 4 is 34.5 Å². The number of Topliss-reactive ketones (excluding diaryl/α,β-unsaturated/α-hetero) is 1. The molecule has 3 N–H and O–H groups in total. The van der Waals surface area contributed by atoms with Crippen molar-refractivity contribution in [2.45, 2.75) is 69.6 Å². The number of ketones is 1. The zero-order valence-corrected chi connectivity index (χ0v) is 18.4. The van der Waals surface area contributed by atoms with Crippen LogP contribution in [0.4, 0.5) is 30.8 Å². The normalized spacial score (nSPS) is 21.7. The van der Waals surface area contributed by atoms with E-state index in [-0.39, 0.29) is 23.8 Å². The Morgan fingerprint density at radius 2 is 1.65 bits per heavy atom. The van der Waals surface area contributed by atoms with Gasteiger partial charge < -0.3 is 15.7 Å². The first-order valence-electron chi connectivity index (χ1n) is 11.5. The fourth-order valence-corrected chi connectivity index (χ4v) is 4.75. The number of benzene rings is 1. The van der Waals surface area contributed by atoms with Crippen LogP contribution < -0.4 is 10.6 Å². The summed E-state index contributed by atoms with van der Waals surface area (Å²) in [6.07, 6.45) is 6.01. The van der Waals surface area contributed by atoms with Crippen LogP contribution in [0.1, 0.15) is 57.4 Å². The van der Waals surface area contributed by atoms with Crippen molar-refractivity contribution in [3.05, 3.63) is 35.8 Å². The number of aliphatic hydroxyl groups excluding tert-OH is 1. The smallest absolute Gasteiger partial charge is 0.224 e. The number of carbonyl (C=O) groups is 1. The number of rotatable bonds is 5. The molecule has 2 aromatic heterocycles. The Kier molecular flexibility index (Phi) is 6.11. The van der Waals surface area contributed by atoms with Gasteiger partial charge in [-0.15, -0.1) is 0 Å². The number of hydrogen-bond donors (Lipinski definition) is 3. The monoisotopic (exact) mass is 474 g/mol. The highest BCUT2D eigenvalue weighted by Crippen LogP contribution is 2.36. The fourth-order valence-electron chi connectivity index (χ4n) is 4.75. The molecule has 1 aromatic carbocycles. The number of hydrogen-bond acceptors (Lipinski definition) is 7. The molecule has 0 unspecified atom stereocenters. The summed E-state index contributed by atoms with van der Waals surface area (Å²) in [6, 6.07) is 1.17. The molecule has 11 heteroatoms. The summed E-state index contributed by atoms with van der Waals surface area (Å²) in [7, 11) is 0. The summed E-state index contributed by atoms with van der Waals surface area (Å²) < 4.78 is 43.9. The zero-order chi connectivity index (χ0) is 23.8. The molecule has 0 spiro atoms. The number of aliphatic hydroxyl groups is 1. The third-order valence-electron chi connectivity index (χ3n) is 6.58. The lowest BCUT2D eigenvalue weighted by atomic mass is 9.93. The average Bonchev–Trinajstić information content (AvgIpc) is 3.16. The Morgan fingerprint density at radius 3 is 2.32 bits per heavy atom. The van der Waals surface area contributed by atoms with Crippen molar-refractivity contribution in [2.75, 3.05) is 10.6 Å². The van der Waals surface area contributed by atoms with E-state index in [1.54, 1.807) is 4.57 Å². The maximum atomic E-state index is 14.4. The summed E-state index contributed by atoms with van der Waals surface area (Å²) in [6.45, 7) is 0. The van der Waals surface area contributed by atoms with E-state index in [0.29, 0.717) is 80.6 Å². The van der Waals surface area contributed by atoms with E-state index in [0.717, 1.165) is 0 Å². The van der Waals surface area contributed by atoms with Crippen molar-refractivity contribution in [2.24, 2.45) is 0 Å². The lowest BCUT2D eigenvalue weighted by Crippen LogP contribution is -2.27. The van der Waals surface area contributed by atoms with Crippen molar-refractivity contribution in [3.63, 3.8) is 0 Å². The quantitative estimate of drug-likeness (QED) is 0.504. The molecular formula is C23H25F3N6O2. The second-order valence-corrected chi connectivity index (χ2v) is 9.00. The average molecular weight is 474 g/mol. The lowest BCUT2D eigenvalue weighted by molar-refractivity contribution is -0.120. The summed E-state index contributed by atoms with van der Waals surface area (Å²) in [5, 5.41) is 15.9. The molecule has 8 nitrogen and oxygen atoms in total. The van der Waals surface area contributed by atoms with Gasteiger partial charge in [-0.05, 0) is 38.5 Å². The third-order valence-corrected chi connectivity index (χ3v) is 6.58. The van der Waals surface area contributed by atoms with Gasteiger partial charge in [0.2, 0.25) is 11.9 Å². The van der Waals surface area contributed by atoms with Crippen LogP contribution in [0.15, 0.2) is 18.3 Å². The minimum atomic E-state index is -1.07. The Hall–Kier alpha value is -3.21. The van der Waals surface area contributed by atoms with Crippen molar-refractivity contribution in [1.29, 1.82) is 0 Å². The lowest BCUT2D eigenvalue weighted by Gasteiger charge is -2.28. The van der Waals surface area contributed by atoms with Gasteiger partial charge in [0.05, 0.1) is 12.3 Å². The zero-order valence-electron chi connectivity index (χ0n) is 18.4. The molecule has 0 aliphatic heterocycles. The first kappa shape index (κ1) is 22.6. The Bertz CT molecular complexity index is 1190. The SMILES string of the molecule is O=C1CCC(Nc2ncc3nc(Nc4c(F)cc(F)cc4F)n(C4CCC(O)CC4)c3n2)CC1. The highest BCUT2D eigenvalue weighted by Gasteiger charge is 2.27. The minimum absolute atomic E-state index is 0.0800. The molecular weight excluding hydrogens is 449 g/mol. The number of halogens is 3. The van der Waals surface area contributed by atoms with Gasteiger partial charge in [0, 0.05) is 37.1 Å². The molecule has 5 rings (SSSR count). The van der Waals surface area contributed by atoms with Crippen LogP contribution in [0, 0.1) is 17.5 Å². The van der Waals surface area contributed by atoms with Crippen molar-refractivity contribution in [1.82, 2.24) is 19.5 Å². The summed E-state index contributed by atoms with van der Waals surface area (Å²) >= 11 is 0. The largest absolute Gasteiger partial charge is 0.393 e. The predicted molar refractivity (Wildman–Crippen MR) is 119 cm³/mol. The second kappa shape index (κ2) is 9.21. The highest BCUT2D eigenvalue weighted by atomic mass is 19.1. The number of nitrogens with one attached hydrogen (secondary N) is 2. The van der Waals surface area contributed by atoms with Gasteiger partial charge >= 0.3 is 0 Å². The molecule has 2 fully saturated rings. The number of carbonyl (C=O) groups excluding carboxylic acids is 1. The molecule has 0 amide bonds. The van der Waals surface area contributed by atoms with Crippen LogP contribution in [0.25, 0.3) is 11.2 Å². The fraction of sp³-hybridized carbons (Fsp3) is 0.478. The van der Waals surface area contributed by atoms with Gasteiger partial charge in [-0.25, -0.2) is 23.1 Å². The molecule has 2 heterocycles. The second-order valence-electron chi connectivity index (χ2n) is 9.00. The maximum absolute atomic E-state index is 14.4. The van der Waals surface area contributed by atoms with Gasteiger partial charge in [0.15, 0.2) is 17.3 Å². The van der Waals surface area contributed by atoms with Gasteiger partial charge in [-0.1, -0.05) is 0 Å². The van der Waals surface area contributed by atoms with Crippen molar-refractivity contribution < 1.29 is 23.1 Å². The molecule has 0 atom stereocenters. The van der Waals surface area contributed by atoms with E-state index >= 15 is 0 Å². The van der Waals surface area contributed by atoms with E-state index in [9.17, 15) is 23.1 Å². The standard InChI is InChI=1S/C23H25F3N6O2/c24-12-9-17(25)20(18(26)10-12)30-23-29-19-11-27-22(28-13-1-5-15(33)6-2-13)31-21(19)32(23)14-3-7-16(34)8-4-14/h9-11,13-14,16,34H,1-8H2,(H,29,30)(H,27,28,31). The Morgan fingerprint density at radius 1 is 0.971 bits per heavy atom. The van der Waals surface area contributed by atoms with E-state index in [1.165, 1.54) is 6.20 Å². The molecule has 34 heavy (non-hydrogen) atoms. The number of nitrogens with zero attached hydrogens (tertiary/aromatic N) is 4. The van der Waals surface area contributed by atoms with E-state index in [4.69, 9.17) is 0 Å². The first-order valence-corrected chi connectivity index (χ1v) is 11.5. The van der Waals surface area contributed by atoms with Crippen LogP contribution in [0.2, 0.25) is 0 Å². The van der Waals surface area contributed by atoms with Crippen LogP contribution in [-0.4, -0.2) is 42.6 Å². The molecule has 3 aromatic rings. The van der Waals surface area contributed by atoms with Gasteiger partial charge in [-0.2, -0.15) is 4.98 Å². The van der Waals surface area contributed by atoms with E-state index in [2.05, 4.69) is 25.6 Å². The van der Waals surface area contributed by atoms with Crippen molar-refractivity contribution in [3.8, 4) is 0 Å². The van der Waals surface area contributed by atoms with E-state index in [1.807, 2.05) is 0 Å². The first-order chi connectivity index (χ1) is 16.4. The Labute approximate surface area is 193 Å². The number of imidazole rings is 1. The van der Waals surface area contributed by atoms with Gasteiger partial charge in [-0.3, -0.25) is 9.36 Å². The molecule has 2 saturated carbocycles. The molecule has 180 valence electrons. The van der Waals surface area contributed by atoms with Gasteiger partial charge in [0.1, 0.15) is 22.8 Å². The molecule has 0 saturated heterocycles. The third kappa shape index (κ3) is 4.56. The van der Waals surface area contributed by atoms with Crippen LogP contribution in [-0.2, 0) is 4.79 Å². The highest BCUT2D eigenvalue weighted by molar-refractivity contribution is 5.79. The molecule has 0 radical (unpaired) electrons. The summed E-state index contributed by atoms with van der Waals surface area (Å²) in [4.78, 5) is 25.0. The van der Waals surface area contributed by atoms with E-state index < -0.39 is 29.2 Å². The van der Waals surface area contributed by atoms with Crippen LogP contribution >= 0.6 is 0 Å². The topological polar surface area (TPSA) is 105 Å².